The minimum Gasteiger partial charge on any atom is -0.487 e. The number of nitrogens with two attached hydrogens (primary N) is 1. The first-order chi connectivity index (χ1) is 9.97. The van der Waals surface area contributed by atoms with E-state index in [0.29, 0.717) is 18.2 Å². The molecule has 0 aliphatic carbocycles. The van der Waals surface area contributed by atoms with Crippen molar-refractivity contribution in [3.8, 4) is 5.75 Å². The summed E-state index contributed by atoms with van der Waals surface area (Å²) in [6.45, 7) is 4.83. The molecule has 0 atom stereocenters. The van der Waals surface area contributed by atoms with Crippen LogP contribution in [0.1, 0.15) is 29.4 Å². The molecule has 0 amide bonds. The average molecular weight is 373 g/mol. The van der Waals surface area contributed by atoms with Gasteiger partial charge in [0.15, 0.2) is 0 Å². The first kappa shape index (κ1) is 16.3. The molecule has 1 aromatic heterocycles. The van der Waals surface area contributed by atoms with Crippen molar-refractivity contribution < 1.29 is 4.74 Å². The molecule has 2 N–H and O–H groups in total. The van der Waals surface area contributed by atoms with Gasteiger partial charge in [-0.15, -0.1) is 0 Å². The third-order valence-corrected chi connectivity index (χ3v) is 4.29. The molecule has 0 saturated heterocycles. The second kappa shape index (κ2) is 6.81. The Bertz CT molecular complexity index is 655. The van der Waals surface area contributed by atoms with Crippen molar-refractivity contribution in [1.29, 1.82) is 0 Å². The zero-order chi connectivity index (χ0) is 15.6. The highest BCUT2D eigenvalue weighted by atomic mass is 79.9. The lowest BCUT2D eigenvalue weighted by molar-refractivity contribution is 0.290. The molecule has 21 heavy (non-hydrogen) atoms. The molecule has 2 aromatic rings. The molecular weight excluding hydrogens is 354 g/mol. The molecule has 0 spiro atoms. The standard InChI is InChI=1S/C15H19BrClN3O/c1-4-12-14(17)13(20(3)19-12)8-21-15-9(2)5-11(16)6-10(15)7-18/h5-6H,4,7-8,18H2,1-3H3. The molecule has 114 valence electrons. The maximum absolute atomic E-state index is 6.34. The SMILES string of the molecule is CCc1nn(C)c(COc2c(C)cc(Br)cc2CN)c1Cl. The van der Waals surface area contributed by atoms with Crippen molar-refractivity contribution in [3.63, 3.8) is 0 Å². The third-order valence-electron chi connectivity index (χ3n) is 3.39. The number of hydrogen-bond donors (Lipinski definition) is 1. The van der Waals surface area contributed by atoms with Gasteiger partial charge in [-0.25, -0.2) is 0 Å². The summed E-state index contributed by atoms with van der Waals surface area (Å²) < 4.78 is 8.75. The van der Waals surface area contributed by atoms with Crippen LogP contribution in [-0.4, -0.2) is 9.78 Å². The average Bonchev–Trinajstić information content (AvgIpc) is 2.72. The Morgan fingerprint density at radius 2 is 2.14 bits per heavy atom. The summed E-state index contributed by atoms with van der Waals surface area (Å²) in [5.74, 6) is 0.816. The first-order valence-corrected chi connectivity index (χ1v) is 7.97. The summed E-state index contributed by atoms with van der Waals surface area (Å²) in [6.07, 6.45) is 0.804. The van der Waals surface area contributed by atoms with Gasteiger partial charge < -0.3 is 10.5 Å². The number of rotatable bonds is 5. The summed E-state index contributed by atoms with van der Waals surface area (Å²) >= 11 is 9.81. The minimum atomic E-state index is 0.373. The van der Waals surface area contributed by atoms with Crippen LogP contribution in [0.2, 0.25) is 5.02 Å². The van der Waals surface area contributed by atoms with E-state index in [4.69, 9.17) is 22.1 Å². The van der Waals surface area contributed by atoms with E-state index in [-0.39, 0.29) is 0 Å². The van der Waals surface area contributed by atoms with Crippen LogP contribution in [0.4, 0.5) is 0 Å². The zero-order valence-corrected chi connectivity index (χ0v) is 14.8. The van der Waals surface area contributed by atoms with Crippen LogP contribution in [0.3, 0.4) is 0 Å². The monoisotopic (exact) mass is 371 g/mol. The number of aryl methyl sites for hydroxylation is 3. The van der Waals surface area contributed by atoms with E-state index >= 15 is 0 Å². The number of hydrogen-bond acceptors (Lipinski definition) is 3. The second-order valence-electron chi connectivity index (χ2n) is 4.89. The van der Waals surface area contributed by atoms with Gasteiger partial charge >= 0.3 is 0 Å². The Kier molecular flexibility index (Phi) is 5.30. The van der Waals surface area contributed by atoms with Crippen LogP contribution in [-0.2, 0) is 26.6 Å². The number of aromatic nitrogens is 2. The van der Waals surface area contributed by atoms with E-state index in [1.807, 2.05) is 33.0 Å². The maximum Gasteiger partial charge on any atom is 0.131 e. The Morgan fingerprint density at radius 3 is 2.71 bits per heavy atom. The van der Waals surface area contributed by atoms with Gasteiger partial charge in [-0.2, -0.15) is 5.10 Å². The van der Waals surface area contributed by atoms with Crippen molar-refractivity contribution in [2.24, 2.45) is 12.8 Å². The fraction of sp³-hybridized carbons (Fsp3) is 0.400. The highest BCUT2D eigenvalue weighted by molar-refractivity contribution is 9.10. The van der Waals surface area contributed by atoms with E-state index in [0.717, 1.165) is 39.2 Å². The predicted octanol–water partition coefficient (Wildman–Crippen LogP) is 3.74. The van der Waals surface area contributed by atoms with Gasteiger partial charge in [0.25, 0.3) is 0 Å². The summed E-state index contributed by atoms with van der Waals surface area (Å²) in [5, 5.41) is 5.08. The Morgan fingerprint density at radius 1 is 1.43 bits per heavy atom. The first-order valence-electron chi connectivity index (χ1n) is 6.80. The van der Waals surface area contributed by atoms with E-state index in [2.05, 4.69) is 21.0 Å². The van der Waals surface area contributed by atoms with E-state index in [9.17, 15) is 0 Å². The van der Waals surface area contributed by atoms with Gasteiger partial charge in [-0.3, -0.25) is 4.68 Å². The molecular formula is C15H19BrClN3O. The molecule has 0 fully saturated rings. The van der Waals surface area contributed by atoms with Gasteiger partial charge in [-0.05, 0) is 31.0 Å². The van der Waals surface area contributed by atoms with Crippen LogP contribution in [0.5, 0.6) is 5.75 Å². The number of nitrogens with zero attached hydrogens (tertiary/aromatic N) is 2. The highest BCUT2D eigenvalue weighted by Gasteiger charge is 2.15. The largest absolute Gasteiger partial charge is 0.487 e. The van der Waals surface area contributed by atoms with Crippen molar-refractivity contribution >= 4 is 27.5 Å². The summed E-state index contributed by atoms with van der Waals surface area (Å²) in [4.78, 5) is 0. The van der Waals surface area contributed by atoms with Crippen molar-refractivity contribution in [3.05, 3.63) is 44.1 Å². The van der Waals surface area contributed by atoms with Crippen LogP contribution >= 0.6 is 27.5 Å². The van der Waals surface area contributed by atoms with Gasteiger partial charge in [0.2, 0.25) is 0 Å². The molecule has 0 aliphatic rings. The lowest BCUT2D eigenvalue weighted by Gasteiger charge is -2.14. The maximum atomic E-state index is 6.34. The van der Waals surface area contributed by atoms with Crippen molar-refractivity contribution in [2.75, 3.05) is 0 Å². The van der Waals surface area contributed by atoms with Crippen molar-refractivity contribution in [2.45, 2.75) is 33.4 Å². The number of halogens is 2. The lowest BCUT2D eigenvalue weighted by Crippen LogP contribution is -2.07. The Hall–Kier alpha value is -1.04. The molecule has 0 radical (unpaired) electrons. The van der Waals surface area contributed by atoms with Gasteiger partial charge in [0, 0.05) is 23.6 Å². The fourth-order valence-corrected chi connectivity index (χ4v) is 3.24. The van der Waals surface area contributed by atoms with Crippen LogP contribution in [0.15, 0.2) is 16.6 Å². The van der Waals surface area contributed by atoms with E-state index in [1.165, 1.54) is 0 Å². The predicted molar refractivity (Wildman–Crippen MR) is 88.7 cm³/mol. The molecule has 0 saturated carbocycles. The van der Waals surface area contributed by atoms with E-state index < -0.39 is 0 Å². The fourth-order valence-electron chi connectivity index (χ4n) is 2.27. The van der Waals surface area contributed by atoms with E-state index in [1.54, 1.807) is 4.68 Å². The summed E-state index contributed by atoms with van der Waals surface area (Å²) in [7, 11) is 1.88. The van der Waals surface area contributed by atoms with Crippen LogP contribution < -0.4 is 10.5 Å². The molecule has 4 nitrogen and oxygen atoms in total. The molecule has 0 unspecified atom stereocenters. The summed E-state index contributed by atoms with van der Waals surface area (Å²) in [6, 6.07) is 3.99. The second-order valence-corrected chi connectivity index (χ2v) is 6.18. The molecule has 1 heterocycles. The molecule has 0 bridgehead atoms. The zero-order valence-electron chi connectivity index (χ0n) is 12.4. The van der Waals surface area contributed by atoms with Gasteiger partial charge in [0.05, 0.1) is 16.4 Å². The quantitative estimate of drug-likeness (QED) is 0.870. The molecule has 0 aliphatic heterocycles. The number of benzene rings is 1. The van der Waals surface area contributed by atoms with Gasteiger partial charge in [-0.1, -0.05) is 34.5 Å². The van der Waals surface area contributed by atoms with Gasteiger partial charge in [0.1, 0.15) is 12.4 Å². The molecule has 6 heteroatoms. The molecule has 2 rings (SSSR count). The highest BCUT2D eigenvalue weighted by Crippen LogP contribution is 2.29. The Balaban J connectivity index is 2.27. The summed E-state index contributed by atoms with van der Waals surface area (Å²) in [5.41, 5.74) is 9.57. The minimum absolute atomic E-state index is 0.373. The lowest BCUT2D eigenvalue weighted by atomic mass is 10.1. The van der Waals surface area contributed by atoms with Crippen LogP contribution in [0, 0.1) is 6.92 Å². The third kappa shape index (κ3) is 3.42. The number of ether oxygens (including phenoxy) is 1. The molecule has 1 aromatic carbocycles. The Labute approximate surface area is 138 Å². The van der Waals surface area contributed by atoms with Crippen molar-refractivity contribution in [1.82, 2.24) is 9.78 Å². The smallest absolute Gasteiger partial charge is 0.131 e. The van der Waals surface area contributed by atoms with Crippen LogP contribution in [0.25, 0.3) is 0 Å². The topological polar surface area (TPSA) is 53.1 Å². The normalized spacial score (nSPS) is 11.0.